The van der Waals surface area contributed by atoms with Gasteiger partial charge in [-0.3, -0.25) is 0 Å². The zero-order valence-electron chi connectivity index (χ0n) is 14.1. The van der Waals surface area contributed by atoms with Gasteiger partial charge in [0, 0.05) is 38.4 Å². The van der Waals surface area contributed by atoms with Crippen molar-refractivity contribution in [3.63, 3.8) is 0 Å². The van der Waals surface area contributed by atoms with Gasteiger partial charge in [-0.2, -0.15) is 0 Å². The fourth-order valence-electron chi connectivity index (χ4n) is 2.96. The third-order valence-electron chi connectivity index (χ3n) is 4.21. The van der Waals surface area contributed by atoms with Gasteiger partial charge < -0.3 is 15.5 Å². The second-order valence-corrected chi connectivity index (χ2v) is 7.83. The predicted molar refractivity (Wildman–Crippen MR) is 97.5 cm³/mol. The minimum Gasteiger partial charge on any atom is -0.384 e. The summed E-state index contributed by atoms with van der Waals surface area (Å²) in [5.74, 6) is -0.566. The lowest BCUT2D eigenvalue weighted by Crippen LogP contribution is -2.43. The van der Waals surface area contributed by atoms with Gasteiger partial charge in [-0.05, 0) is 43.3 Å². The smallest absolute Gasteiger partial charge is 0.208 e. The van der Waals surface area contributed by atoms with Crippen LogP contribution in [-0.2, 0) is 9.84 Å². The highest BCUT2D eigenvalue weighted by Crippen LogP contribution is 2.31. The Morgan fingerprint density at radius 2 is 1.92 bits per heavy atom. The summed E-state index contributed by atoms with van der Waals surface area (Å²) in [4.78, 5) is 2.34. The molecule has 1 fully saturated rings. The molecule has 0 amide bonds. The number of rotatable bonds is 5. The summed E-state index contributed by atoms with van der Waals surface area (Å²) in [5.41, 5.74) is 1.53. The van der Waals surface area contributed by atoms with E-state index in [0.29, 0.717) is 12.2 Å². The van der Waals surface area contributed by atoms with Gasteiger partial charge >= 0.3 is 0 Å². The molecule has 0 aliphatic carbocycles. The molecule has 1 heterocycles. The third-order valence-corrected chi connectivity index (χ3v) is 6.02. The number of sulfone groups is 1. The minimum absolute atomic E-state index is 0.0402. The molecule has 0 radical (unpaired) electrons. The zero-order chi connectivity index (χ0) is 17.9. The molecule has 0 aromatic heterocycles. The molecule has 1 saturated heterocycles. The number of nitrogens with one attached hydrogen (secondary N) is 2. The molecule has 7 heteroatoms. The lowest BCUT2D eigenvalue weighted by Gasteiger charge is -2.30. The quantitative estimate of drug-likeness (QED) is 0.855. The Labute approximate surface area is 147 Å². The maximum absolute atomic E-state index is 13.5. The van der Waals surface area contributed by atoms with E-state index in [9.17, 15) is 12.8 Å². The van der Waals surface area contributed by atoms with E-state index in [2.05, 4.69) is 15.5 Å². The molecule has 0 bridgehead atoms. The molecule has 1 aliphatic heterocycles. The highest BCUT2D eigenvalue weighted by molar-refractivity contribution is 7.91. The molecule has 25 heavy (non-hydrogen) atoms. The van der Waals surface area contributed by atoms with Crippen molar-refractivity contribution >= 4 is 21.2 Å². The Morgan fingerprint density at radius 1 is 1.16 bits per heavy atom. The second-order valence-electron chi connectivity index (χ2n) is 5.91. The molecular formula is C18H22FN3O2S. The van der Waals surface area contributed by atoms with Crippen LogP contribution >= 0.6 is 0 Å². The zero-order valence-corrected chi connectivity index (χ0v) is 14.9. The van der Waals surface area contributed by atoms with Crippen LogP contribution in [0, 0.1) is 5.82 Å². The van der Waals surface area contributed by atoms with Gasteiger partial charge in [0.05, 0.1) is 15.5 Å². The van der Waals surface area contributed by atoms with Crippen LogP contribution in [0.2, 0.25) is 0 Å². The summed E-state index contributed by atoms with van der Waals surface area (Å²) in [5, 5.41) is 6.43. The van der Waals surface area contributed by atoms with Crippen LogP contribution in [-0.4, -0.2) is 41.1 Å². The third kappa shape index (κ3) is 3.77. The van der Waals surface area contributed by atoms with Gasteiger partial charge in [0.15, 0.2) is 0 Å². The molecule has 0 spiro atoms. The van der Waals surface area contributed by atoms with E-state index in [1.54, 1.807) is 6.07 Å². The van der Waals surface area contributed by atoms with E-state index >= 15 is 0 Å². The average Bonchev–Trinajstić information content (AvgIpc) is 2.62. The number of anilines is 2. The van der Waals surface area contributed by atoms with E-state index in [0.717, 1.165) is 37.9 Å². The number of nitrogens with zero attached hydrogens (tertiary/aromatic N) is 1. The SMILES string of the molecule is CCNc1cc(N2CCNCC2)ccc1S(=O)(=O)c1cccc(F)c1. The van der Waals surface area contributed by atoms with Gasteiger partial charge in [-0.25, -0.2) is 12.8 Å². The topological polar surface area (TPSA) is 61.4 Å². The van der Waals surface area contributed by atoms with E-state index in [4.69, 9.17) is 0 Å². The molecule has 2 aromatic carbocycles. The lowest BCUT2D eigenvalue weighted by molar-refractivity contribution is 0.588. The molecule has 3 rings (SSSR count). The molecule has 1 aliphatic rings. The number of halogens is 1. The second kappa shape index (κ2) is 7.41. The van der Waals surface area contributed by atoms with Crippen LogP contribution in [0.1, 0.15) is 6.92 Å². The molecule has 2 N–H and O–H groups in total. The maximum Gasteiger partial charge on any atom is 0.208 e. The van der Waals surface area contributed by atoms with E-state index in [1.807, 2.05) is 19.1 Å². The highest BCUT2D eigenvalue weighted by Gasteiger charge is 2.23. The molecule has 0 atom stereocenters. The predicted octanol–water partition coefficient (Wildman–Crippen LogP) is 2.50. The number of hydrogen-bond acceptors (Lipinski definition) is 5. The van der Waals surface area contributed by atoms with E-state index < -0.39 is 15.7 Å². The number of piperazine rings is 1. The molecule has 134 valence electrons. The monoisotopic (exact) mass is 363 g/mol. The average molecular weight is 363 g/mol. The Kier molecular flexibility index (Phi) is 5.24. The first kappa shape index (κ1) is 17.7. The van der Waals surface area contributed by atoms with Crippen molar-refractivity contribution in [1.29, 1.82) is 0 Å². The first-order chi connectivity index (χ1) is 12.0. The Hall–Kier alpha value is -2.12. The minimum atomic E-state index is -3.80. The van der Waals surface area contributed by atoms with Crippen LogP contribution in [0.3, 0.4) is 0 Å². The van der Waals surface area contributed by atoms with Crippen LogP contribution in [0.25, 0.3) is 0 Å². The first-order valence-electron chi connectivity index (χ1n) is 8.36. The Morgan fingerprint density at radius 3 is 2.60 bits per heavy atom. The fourth-order valence-corrected chi connectivity index (χ4v) is 4.41. The standard InChI is InChI=1S/C18H22FN3O2S/c1-2-21-17-13-15(22-10-8-20-9-11-22)6-7-18(17)25(23,24)16-5-3-4-14(19)12-16/h3-7,12-13,20-21H,2,8-11H2,1H3. The Bertz CT molecular complexity index is 849. The van der Waals surface area contributed by atoms with E-state index in [1.165, 1.54) is 18.2 Å². The molecule has 5 nitrogen and oxygen atoms in total. The van der Waals surface area contributed by atoms with Crippen molar-refractivity contribution in [1.82, 2.24) is 5.32 Å². The van der Waals surface area contributed by atoms with Crippen LogP contribution < -0.4 is 15.5 Å². The van der Waals surface area contributed by atoms with Crippen LogP contribution in [0.15, 0.2) is 52.3 Å². The van der Waals surface area contributed by atoms with Crippen molar-refractivity contribution in [2.75, 3.05) is 42.9 Å². The molecule has 2 aromatic rings. The number of hydrogen-bond donors (Lipinski definition) is 2. The largest absolute Gasteiger partial charge is 0.384 e. The van der Waals surface area contributed by atoms with Crippen molar-refractivity contribution in [2.45, 2.75) is 16.7 Å². The summed E-state index contributed by atoms with van der Waals surface area (Å²) >= 11 is 0. The van der Waals surface area contributed by atoms with Crippen LogP contribution in [0.5, 0.6) is 0 Å². The molecule has 0 unspecified atom stereocenters. The normalized spacial score (nSPS) is 15.2. The van der Waals surface area contributed by atoms with Gasteiger partial charge in [0.1, 0.15) is 5.82 Å². The van der Waals surface area contributed by atoms with Crippen molar-refractivity contribution in [3.8, 4) is 0 Å². The summed E-state index contributed by atoms with van der Waals surface area (Å²) in [6.45, 7) is 6.07. The molecular weight excluding hydrogens is 341 g/mol. The van der Waals surface area contributed by atoms with E-state index in [-0.39, 0.29) is 9.79 Å². The lowest BCUT2D eigenvalue weighted by atomic mass is 10.2. The first-order valence-corrected chi connectivity index (χ1v) is 9.85. The Balaban J connectivity index is 2.02. The van der Waals surface area contributed by atoms with Gasteiger partial charge in [0.2, 0.25) is 9.84 Å². The highest BCUT2D eigenvalue weighted by atomic mass is 32.2. The van der Waals surface area contributed by atoms with Crippen LogP contribution in [0.4, 0.5) is 15.8 Å². The summed E-state index contributed by atoms with van der Waals surface area (Å²) in [7, 11) is -3.80. The van der Waals surface area contributed by atoms with Gasteiger partial charge in [-0.15, -0.1) is 0 Å². The number of benzene rings is 2. The summed E-state index contributed by atoms with van der Waals surface area (Å²) < 4.78 is 39.4. The van der Waals surface area contributed by atoms with Crippen molar-refractivity contribution < 1.29 is 12.8 Å². The van der Waals surface area contributed by atoms with Gasteiger partial charge in [0.25, 0.3) is 0 Å². The van der Waals surface area contributed by atoms with Gasteiger partial charge in [-0.1, -0.05) is 6.07 Å². The summed E-state index contributed by atoms with van der Waals surface area (Å²) in [6, 6.07) is 10.4. The molecule has 0 saturated carbocycles. The summed E-state index contributed by atoms with van der Waals surface area (Å²) in [6.07, 6.45) is 0. The van der Waals surface area contributed by atoms with Crippen molar-refractivity contribution in [3.05, 3.63) is 48.3 Å². The fraction of sp³-hybridized carbons (Fsp3) is 0.333. The van der Waals surface area contributed by atoms with Crippen molar-refractivity contribution in [2.24, 2.45) is 0 Å². The maximum atomic E-state index is 13.5.